The van der Waals surface area contributed by atoms with Gasteiger partial charge in [-0.25, -0.2) is 4.79 Å². The number of hydrogen-bond acceptors (Lipinski definition) is 21. The summed E-state index contributed by atoms with van der Waals surface area (Å²) >= 11 is 0. The van der Waals surface area contributed by atoms with E-state index < -0.39 is 204 Å². The minimum absolute atomic E-state index is 0.172. The zero-order valence-electron chi connectivity index (χ0n) is 44.2. The van der Waals surface area contributed by atoms with Crippen LogP contribution in [0.2, 0.25) is 0 Å². The van der Waals surface area contributed by atoms with Gasteiger partial charge in [-0.05, 0) is 83.9 Å². The number of carboxylic acid groups (broad SMARTS) is 3. The van der Waals surface area contributed by atoms with Gasteiger partial charge in [0, 0.05) is 10.8 Å². The Labute approximate surface area is 440 Å². The zero-order valence-corrected chi connectivity index (χ0v) is 44.2. The van der Waals surface area contributed by atoms with Crippen molar-refractivity contribution in [2.24, 2.45) is 68.0 Å². The largest absolute Gasteiger partial charge is 0.481 e. The van der Waals surface area contributed by atoms with Gasteiger partial charge in [0.05, 0.1) is 50.0 Å². The highest BCUT2D eigenvalue weighted by atomic mass is 16.8. The summed E-state index contributed by atoms with van der Waals surface area (Å²) in [4.78, 5) is 38.6. The van der Waals surface area contributed by atoms with Crippen molar-refractivity contribution in [2.75, 3.05) is 19.8 Å². The molecule has 15 N–H and O–H groups in total. The monoisotopic (exact) mass is 1090 g/mol. The third-order valence-corrected chi connectivity index (χ3v) is 21.2. The molecule has 28 atom stereocenters. The molecule has 24 heteroatoms. The van der Waals surface area contributed by atoms with Crippen molar-refractivity contribution in [3.63, 3.8) is 0 Å². The third-order valence-electron chi connectivity index (χ3n) is 21.2. The SMILES string of the molecule is CC(C(=O)O)[C@H]1[C@H](C(=O)O)[C@]2(CO)[C@H](O)[C@H](O)[C@]3(C)C(=CC[C@@H]4[C@@]5(C)CC[C@H](O[C@@H]6O[C@H](C(=O)O)[C@@H](O)[C@H](O)[C@H]6O[C@@H]6O[C@H](CO)[C@@H](O)[C@H](O)[C@H]6O[C@@H]6O[C@H](CO)[C@@H](O)[C@H](O)[C@H]6O)C(C)(C)[C@@H]5CC[C@]43C)[C@@H]2CC1(C)C. The average molecular weight is 1090 g/mol. The molecule has 0 aromatic carbocycles. The number of ether oxygens (including phenoxy) is 6. The maximum Gasteiger partial charge on any atom is 0.335 e. The summed E-state index contributed by atoms with van der Waals surface area (Å²) in [5.74, 6) is -9.04. The van der Waals surface area contributed by atoms with Crippen molar-refractivity contribution in [1.82, 2.24) is 0 Å². The van der Waals surface area contributed by atoms with E-state index in [1.807, 2.05) is 40.7 Å². The number of carboxylic acids is 3. The molecule has 1 unspecified atom stereocenters. The van der Waals surface area contributed by atoms with Crippen LogP contribution in [0.4, 0.5) is 0 Å². The molecule has 0 amide bonds. The van der Waals surface area contributed by atoms with Gasteiger partial charge in [-0.2, -0.15) is 0 Å². The van der Waals surface area contributed by atoms with Crippen molar-refractivity contribution < 1.29 is 119 Å². The second-order valence-corrected chi connectivity index (χ2v) is 25.4. The molecule has 0 spiro atoms. The standard InChI is InChI=1S/C52H82O24/c1-19(41(65)66)27-28(42(67)68)52(18-55)21(15-47(27,2)3)20-9-10-25-49(6)13-12-26(48(4,5)24(49)11-14-50(25,7)51(20,8)39(63)40(52)64)73-46-38(34(61)33(60)36(74-46)43(69)70)76-45-37(32(59)30(57)23(17-54)72-45)75-44-35(62)31(58)29(56)22(16-53)71-44/h9,19,21-40,44-46,53-64H,10-18H2,1-8H3,(H,65,66)(H,67,68)(H,69,70)/t19?,21-,22+,23+,24-,25+,26-,27-,28+,29+,30+,31-,32-,33-,34-,35+,36-,37+,38+,39-,40+,44-,45-,46+,49-,50+,51-,52+/m0/s1. The first kappa shape index (κ1) is 59.5. The number of aliphatic hydroxyl groups excluding tert-OH is 12. The van der Waals surface area contributed by atoms with E-state index >= 15 is 0 Å². The summed E-state index contributed by atoms with van der Waals surface area (Å²) in [7, 11) is 0. The van der Waals surface area contributed by atoms with Gasteiger partial charge in [-0.1, -0.05) is 67.0 Å². The quantitative estimate of drug-likeness (QED) is 0.0694. The van der Waals surface area contributed by atoms with E-state index in [2.05, 4.69) is 13.8 Å². The number of aliphatic carboxylic acids is 3. The zero-order chi connectivity index (χ0) is 56.5. The lowest BCUT2D eigenvalue weighted by Crippen LogP contribution is -2.75. The van der Waals surface area contributed by atoms with Crippen LogP contribution in [-0.2, 0) is 42.8 Å². The Balaban J connectivity index is 1.10. The lowest BCUT2D eigenvalue weighted by atomic mass is 9.31. The van der Waals surface area contributed by atoms with Gasteiger partial charge in [0.25, 0.3) is 0 Å². The molecule has 3 heterocycles. The van der Waals surface area contributed by atoms with Crippen molar-refractivity contribution in [3.8, 4) is 0 Å². The Bertz CT molecular complexity index is 2190. The number of hydrogen-bond donors (Lipinski definition) is 15. The molecule has 8 rings (SSSR count). The van der Waals surface area contributed by atoms with Crippen molar-refractivity contribution in [2.45, 2.75) is 204 Å². The first-order chi connectivity index (χ1) is 35.3. The topological polar surface area (TPSA) is 410 Å². The first-order valence-corrected chi connectivity index (χ1v) is 26.6. The fraction of sp³-hybridized carbons (Fsp3) is 0.904. The van der Waals surface area contributed by atoms with Gasteiger partial charge >= 0.3 is 17.9 Å². The summed E-state index contributed by atoms with van der Waals surface area (Å²) in [6.45, 7) is 12.7. The Morgan fingerprint density at radius 1 is 0.645 bits per heavy atom. The normalized spacial score (nSPS) is 52.2. The van der Waals surface area contributed by atoms with Gasteiger partial charge in [-0.15, -0.1) is 0 Å². The fourth-order valence-corrected chi connectivity index (χ4v) is 17.0. The summed E-state index contributed by atoms with van der Waals surface area (Å²) in [6, 6.07) is 0. The van der Waals surface area contributed by atoms with E-state index in [9.17, 15) is 91.0 Å². The average Bonchev–Trinajstić information content (AvgIpc) is 3.35. The van der Waals surface area contributed by atoms with E-state index in [1.54, 1.807) is 0 Å². The molecular formula is C52H82O24. The van der Waals surface area contributed by atoms with Crippen LogP contribution in [0.15, 0.2) is 11.6 Å². The summed E-state index contributed by atoms with van der Waals surface area (Å²) in [5, 5.41) is 165. The van der Waals surface area contributed by atoms with Crippen LogP contribution in [-0.4, -0.2) is 225 Å². The summed E-state index contributed by atoms with van der Waals surface area (Å²) in [6.07, 6.45) is -28.1. The Kier molecular flexibility index (Phi) is 16.3. The number of aliphatic hydroxyl groups is 12. The van der Waals surface area contributed by atoms with E-state index in [-0.39, 0.29) is 18.3 Å². The molecular weight excluding hydrogens is 1010 g/mol. The molecule has 3 saturated heterocycles. The van der Waals surface area contributed by atoms with Crippen molar-refractivity contribution in [1.29, 1.82) is 0 Å². The minimum Gasteiger partial charge on any atom is -0.481 e. The number of carbonyl (C=O) groups is 3. The lowest BCUT2D eigenvalue weighted by Gasteiger charge is -2.74. The molecule has 0 aromatic rings. The predicted molar refractivity (Wildman–Crippen MR) is 256 cm³/mol. The van der Waals surface area contributed by atoms with Gasteiger partial charge < -0.3 is 105 Å². The van der Waals surface area contributed by atoms with Gasteiger partial charge in [0.1, 0.15) is 67.1 Å². The van der Waals surface area contributed by atoms with Crippen LogP contribution in [0.3, 0.4) is 0 Å². The summed E-state index contributed by atoms with van der Waals surface area (Å²) < 4.78 is 36.0. The number of fused-ring (bicyclic) bond motifs is 7. The predicted octanol–water partition coefficient (Wildman–Crippen LogP) is -2.09. The smallest absolute Gasteiger partial charge is 0.335 e. The lowest BCUT2D eigenvalue weighted by molar-refractivity contribution is -0.396. The Hall–Kier alpha value is -2.57. The second kappa shape index (κ2) is 20.8. The second-order valence-electron chi connectivity index (χ2n) is 25.4. The maximum atomic E-state index is 13.5. The van der Waals surface area contributed by atoms with E-state index in [4.69, 9.17) is 28.4 Å². The van der Waals surface area contributed by atoms with Gasteiger partial charge in [0.2, 0.25) is 0 Å². The molecule has 7 fully saturated rings. The van der Waals surface area contributed by atoms with Crippen molar-refractivity contribution in [3.05, 3.63) is 11.6 Å². The first-order valence-electron chi connectivity index (χ1n) is 26.6. The Morgan fingerprint density at radius 2 is 1.20 bits per heavy atom. The molecule has 434 valence electrons. The van der Waals surface area contributed by atoms with Crippen LogP contribution < -0.4 is 0 Å². The highest BCUT2D eigenvalue weighted by Gasteiger charge is 2.76. The van der Waals surface area contributed by atoms with Gasteiger partial charge in [-0.3, -0.25) is 9.59 Å². The molecule has 8 aliphatic rings. The van der Waals surface area contributed by atoms with Crippen LogP contribution in [0, 0.1) is 68.0 Å². The van der Waals surface area contributed by atoms with Crippen LogP contribution in [0.5, 0.6) is 0 Å². The van der Waals surface area contributed by atoms with E-state index in [0.29, 0.717) is 32.1 Å². The van der Waals surface area contributed by atoms with E-state index in [0.717, 1.165) is 5.57 Å². The Morgan fingerprint density at radius 3 is 1.75 bits per heavy atom. The molecule has 3 aliphatic heterocycles. The number of rotatable bonds is 13. The molecule has 0 aromatic heterocycles. The van der Waals surface area contributed by atoms with E-state index in [1.165, 1.54) is 6.92 Å². The van der Waals surface area contributed by atoms with Gasteiger partial charge in [0.15, 0.2) is 25.0 Å². The summed E-state index contributed by atoms with van der Waals surface area (Å²) in [5.41, 5.74) is -5.23. The molecule has 0 bridgehead atoms. The third kappa shape index (κ3) is 8.73. The minimum atomic E-state index is -2.15. The molecule has 5 aliphatic carbocycles. The maximum absolute atomic E-state index is 13.5. The molecule has 0 radical (unpaired) electrons. The molecule has 4 saturated carbocycles. The van der Waals surface area contributed by atoms with Crippen LogP contribution >= 0.6 is 0 Å². The highest BCUT2D eigenvalue weighted by Crippen LogP contribution is 2.77. The fourth-order valence-electron chi connectivity index (χ4n) is 17.0. The van der Waals surface area contributed by atoms with Crippen LogP contribution in [0.1, 0.15) is 93.9 Å². The van der Waals surface area contributed by atoms with Crippen molar-refractivity contribution >= 4 is 17.9 Å². The number of allylic oxidation sites excluding steroid dienone is 1. The highest BCUT2D eigenvalue weighted by molar-refractivity contribution is 5.76. The molecule has 76 heavy (non-hydrogen) atoms. The molecule has 24 nitrogen and oxygen atoms in total. The van der Waals surface area contributed by atoms with Crippen LogP contribution in [0.25, 0.3) is 0 Å².